The van der Waals surface area contributed by atoms with Crippen LogP contribution in [0, 0.1) is 6.92 Å². The Balaban J connectivity index is 1.68. The molecule has 1 amide bonds. The van der Waals surface area contributed by atoms with Gasteiger partial charge in [0, 0.05) is 12.6 Å². The van der Waals surface area contributed by atoms with Crippen LogP contribution in [0.3, 0.4) is 0 Å². The number of rotatable bonds is 5. The molecule has 0 spiro atoms. The van der Waals surface area contributed by atoms with Gasteiger partial charge in [-0.3, -0.25) is 9.69 Å². The number of hydrogen-bond donors (Lipinski definition) is 0. The minimum atomic E-state index is -3.76. The molecule has 2 unspecified atom stereocenters. The monoisotopic (exact) mass is 441 g/mol. The highest BCUT2D eigenvalue weighted by atomic mass is 32.2. The van der Waals surface area contributed by atoms with E-state index in [-0.39, 0.29) is 23.4 Å². The molecule has 4 rings (SSSR count). The SMILES string of the molecule is Cc1ccc(S(=O)(=O)N2CC(C)N(C(=O)CN3CCCCC3)C2c2ccccc2)cc1. The van der Waals surface area contributed by atoms with Gasteiger partial charge in [0.05, 0.1) is 11.4 Å². The van der Waals surface area contributed by atoms with Crippen molar-refractivity contribution in [3.05, 3.63) is 65.7 Å². The van der Waals surface area contributed by atoms with Gasteiger partial charge in [-0.05, 0) is 57.5 Å². The molecule has 0 bridgehead atoms. The van der Waals surface area contributed by atoms with Crippen LogP contribution in [0.1, 0.15) is 43.5 Å². The van der Waals surface area contributed by atoms with Gasteiger partial charge in [0.25, 0.3) is 0 Å². The van der Waals surface area contributed by atoms with Gasteiger partial charge in [0.2, 0.25) is 15.9 Å². The van der Waals surface area contributed by atoms with E-state index in [2.05, 4.69) is 4.90 Å². The van der Waals surface area contributed by atoms with Crippen molar-refractivity contribution in [3.8, 4) is 0 Å². The number of carbonyl (C=O) groups excluding carboxylic acids is 1. The Kier molecular flexibility index (Phi) is 6.46. The van der Waals surface area contributed by atoms with Crippen LogP contribution in [0.5, 0.6) is 0 Å². The highest BCUT2D eigenvalue weighted by Gasteiger charge is 2.47. The average Bonchev–Trinajstić information content (AvgIpc) is 3.13. The van der Waals surface area contributed by atoms with Gasteiger partial charge in [-0.1, -0.05) is 54.4 Å². The van der Waals surface area contributed by atoms with Crippen LogP contribution in [0.25, 0.3) is 0 Å². The molecule has 0 radical (unpaired) electrons. The summed E-state index contributed by atoms with van der Waals surface area (Å²) in [4.78, 5) is 17.7. The maximum Gasteiger partial charge on any atom is 0.245 e. The molecule has 6 nitrogen and oxygen atoms in total. The number of amides is 1. The van der Waals surface area contributed by atoms with Gasteiger partial charge >= 0.3 is 0 Å². The van der Waals surface area contributed by atoms with Crippen LogP contribution in [0.2, 0.25) is 0 Å². The van der Waals surface area contributed by atoms with Gasteiger partial charge in [0.15, 0.2) is 0 Å². The summed E-state index contributed by atoms with van der Waals surface area (Å²) in [6.45, 7) is 6.34. The Morgan fingerprint density at radius 2 is 1.61 bits per heavy atom. The van der Waals surface area contributed by atoms with E-state index in [1.54, 1.807) is 17.0 Å². The van der Waals surface area contributed by atoms with Crippen LogP contribution in [0.4, 0.5) is 0 Å². The normalized spacial score (nSPS) is 23.2. The summed E-state index contributed by atoms with van der Waals surface area (Å²) in [5, 5.41) is 0. The first kappa shape index (κ1) is 22.0. The molecule has 2 heterocycles. The zero-order valence-corrected chi connectivity index (χ0v) is 19.1. The second-order valence-electron chi connectivity index (χ2n) is 8.66. The van der Waals surface area contributed by atoms with E-state index in [1.165, 1.54) is 10.7 Å². The maximum atomic E-state index is 13.6. The van der Waals surface area contributed by atoms with E-state index in [4.69, 9.17) is 0 Å². The van der Waals surface area contributed by atoms with Gasteiger partial charge < -0.3 is 4.90 Å². The lowest BCUT2D eigenvalue weighted by molar-refractivity contribution is -0.136. The van der Waals surface area contributed by atoms with E-state index in [0.29, 0.717) is 6.54 Å². The van der Waals surface area contributed by atoms with Crippen molar-refractivity contribution in [1.29, 1.82) is 0 Å². The summed E-state index contributed by atoms with van der Waals surface area (Å²) >= 11 is 0. The molecule has 0 N–H and O–H groups in total. The van der Waals surface area contributed by atoms with Crippen LogP contribution < -0.4 is 0 Å². The predicted molar refractivity (Wildman–Crippen MR) is 121 cm³/mol. The van der Waals surface area contributed by atoms with E-state index in [1.807, 2.05) is 56.3 Å². The molecule has 2 aliphatic rings. The number of piperidine rings is 1. The summed E-state index contributed by atoms with van der Waals surface area (Å²) in [5.74, 6) is -0.00939. The Labute approximate surface area is 185 Å². The van der Waals surface area contributed by atoms with Crippen LogP contribution in [-0.4, -0.2) is 60.7 Å². The molecule has 31 heavy (non-hydrogen) atoms. The van der Waals surface area contributed by atoms with Gasteiger partial charge in [0.1, 0.15) is 6.17 Å². The van der Waals surface area contributed by atoms with E-state index in [9.17, 15) is 13.2 Å². The maximum absolute atomic E-state index is 13.6. The number of carbonyl (C=O) groups is 1. The molecule has 0 saturated carbocycles. The fourth-order valence-electron chi connectivity index (χ4n) is 4.63. The van der Waals surface area contributed by atoms with Crippen molar-refractivity contribution >= 4 is 15.9 Å². The summed E-state index contributed by atoms with van der Waals surface area (Å²) in [6.07, 6.45) is 2.79. The fraction of sp³-hybridized carbons (Fsp3) is 0.458. The van der Waals surface area contributed by atoms with Crippen molar-refractivity contribution in [2.75, 3.05) is 26.2 Å². The number of aryl methyl sites for hydroxylation is 1. The Morgan fingerprint density at radius 3 is 2.26 bits per heavy atom. The number of likely N-dealkylation sites (tertiary alicyclic amines) is 1. The largest absolute Gasteiger partial charge is 0.317 e. The minimum absolute atomic E-state index is 0.00939. The molecule has 2 aromatic rings. The van der Waals surface area contributed by atoms with Crippen molar-refractivity contribution in [1.82, 2.24) is 14.1 Å². The molecule has 2 aliphatic heterocycles. The van der Waals surface area contributed by atoms with Crippen molar-refractivity contribution in [3.63, 3.8) is 0 Å². The standard InChI is InChI=1S/C24H31N3O3S/c1-19-11-13-22(14-12-19)31(29,30)26-17-20(2)27(24(26)21-9-5-3-6-10-21)23(28)18-25-15-7-4-8-16-25/h3,5-6,9-14,20,24H,4,7-8,15-18H2,1-2H3. The van der Waals surface area contributed by atoms with Gasteiger partial charge in [-0.25, -0.2) is 8.42 Å². The zero-order chi connectivity index (χ0) is 22.0. The number of nitrogens with zero attached hydrogens (tertiary/aromatic N) is 3. The molecule has 166 valence electrons. The highest BCUT2D eigenvalue weighted by molar-refractivity contribution is 7.89. The number of benzene rings is 2. The molecular formula is C24H31N3O3S. The molecule has 0 aliphatic carbocycles. The smallest absolute Gasteiger partial charge is 0.245 e. The van der Waals surface area contributed by atoms with Crippen LogP contribution in [-0.2, 0) is 14.8 Å². The molecule has 2 aromatic carbocycles. The lowest BCUT2D eigenvalue weighted by Gasteiger charge is -2.34. The lowest BCUT2D eigenvalue weighted by atomic mass is 10.1. The molecule has 7 heteroatoms. The Hall–Kier alpha value is -2.22. The van der Waals surface area contributed by atoms with Gasteiger partial charge in [-0.2, -0.15) is 4.31 Å². The summed E-state index contributed by atoms with van der Waals surface area (Å²) in [6, 6.07) is 16.2. The topological polar surface area (TPSA) is 60.9 Å². The molecule has 2 fully saturated rings. The van der Waals surface area contributed by atoms with Crippen molar-refractivity contribution in [2.24, 2.45) is 0 Å². The molecule has 0 aromatic heterocycles. The first-order valence-corrected chi connectivity index (χ1v) is 12.5. The van der Waals surface area contributed by atoms with Crippen molar-refractivity contribution in [2.45, 2.75) is 50.2 Å². The quantitative estimate of drug-likeness (QED) is 0.714. The highest BCUT2D eigenvalue weighted by Crippen LogP contribution is 2.38. The molecular weight excluding hydrogens is 410 g/mol. The first-order valence-electron chi connectivity index (χ1n) is 11.0. The second kappa shape index (κ2) is 9.10. The summed E-state index contributed by atoms with van der Waals surface area (Å²) in [5.41, 5.74) is 1.82. The Bertz CT molecular complexity index is 1000. The first-order chi connectivity index (χ1) is 14.9. The zero-order valence-electron chi connectivity index (χ0n) is 18.3. The molecule has 2 saturated heterocycles. The van der Waals surface area contributed by atoms with E-state index < -0.39 is 16.2 Å². The third kappa shape index (κ3) is 4.54. The molecule has 2 atom stereocenters. The third-order valence-electron chi connectivity index (χ3n) is 6.28. The van der Waals surface area contributed by atoms with Crippen molar-refractivity contribution < 1.29 is 13.2 Å². The van der Waals surface area contributed by atoms with Gasteiger partial charge in [-0.15, -0.1) is 0 Å². The summed E-state index contributed by atoms with van der Waals surface area (Å²) < 4.78 is 28.7. The summed E-state index contributed by atoms with van der Waals surface area (Å²) in [7, 11) is -3.76. The lowest BCUT2D eigenvalue weighted by Crippen LogP contribution is -2.45. The van der Waals surface area contributed by atoms with Crippen LogP contribution >= 0.6 is 0 Å². The predicted octanol–water partition coefficient (Wildman–Crippen LogP) is 3.40. The fourth-order valence-corrected chi connectivity index (χ4v) is 6.28. The number of sulfonamides is 1. The van der Waals surface area contributed by atoms with Crippen LogP contribution in [0.15, 0.2) is 59.5 Å². The second-order valence-corrected chi connectivity index (χ2v) is 10.5. The van der Waals surface area contributed by atoms with E-state index >= 15 is 0 Å². The third-order valence-corrected chi connectivity index (χ3v) is 8.11. The average molecular weight is 442 g/mol. The van der Waals surface area contributed by atoms with E-state index in [0.717, 1.165) is 37.1 Å². The number of hydrogen-bond acceptors (Lipinski definition) is 4. The Morgan fingerprint density at radius 1 is 0.968 bits per heavy atom. The minimum Gasteiger partial charge on any atom is -0.317 e.